The topological polar surface area (TPSA) is 32.3 Å². The molecule has 4 heteroatoms. The number of fused-ring (bicyclic) bond motifs is 1. The van der Waals surface area contributed by atoms with E-state index in [0.717, 1.165) is 27.8 Å². The van der Waals surface area contributed by atoms with Crippen molar-refractivity contribution in [2.24, 2.45) is 0 Å². The molecule has 1 amide bonds. The minimum absolute atomic E-state index is 0.0997. The Kier molecular flexibility index (Phi) is 2.93. The number of hydrogen-bond donors (Lipinski definition) is 1. The maximum absolute atomic E-state index is 12.0. The van der Waals surface area contributed by atoms with Crippen molar-refractivity contribution in [2.75, 3.05) is 17.3 Å². The highest BCUT2D eigenvalue weighted by molar-refractivity contribution is 9.10. The largest absolute Gasteiger partial charge is 0.372 e. The maximum atomic E-state index is 12.0. The summed E-state index contributed by atoms with van der Waals surface area (Å²) >= 11 is 3.46. The van der Waals surface area contributed by atoms with Crippen LogP contribution in [0.1, 0.15) is 18.9 Å². The third-order valence-corrected chi connectivity index (χ3v) is 3.45. The Morgan fingerprint density at radius 2 is 2.19 bits per heavy atom. The van der Waals surface area contributed by atoms with E-state index in [0.29, 0.717) is 0 Å². The third-order valence-electron chi connectivity index (χ3n) is 3.00. The second-order valence-electron chi connectivity index (χ2n) is 4.12. The molecule has 16 heavy (non-hydrogen) atoms. The summed E-state index contributed by atoms with van der Waals surface area (Å²) < 4.78 is 1.00. The Morgan fingerprint density at radius 3 is 2.81 bits per heavy atom. The molecule has 1 aliphatic rings. The molecule has 1 unspecified atom stereocenters. The fraction of sp³-hybridized carbons (Fsp3) is 0.417. The van der Waals surface area contributed by atoms with Crippen LogP contribution in [-0.2, 0) is 4.79 Å². The predicted molar refractivity (Wildman–Crippen MR) is 70.0 cm³/mol. The number of halogens is 1. The van der Waals surface area contributed by atoms with Gasteiger partial charge in [-0.25, -0.2) is 0 Å². The second-order valence-corrected chi connectivity index (χ2v) is 5.03. The van der Waals surface area contributed by atoms with Crippen molar-refractivity contribution in [1.29, 1.82) is 0 Å². The number of hydrogen-bond acceptors (Lipinski definition) is 2. The van der Waals surface area contributed by atoms with Gasteiger partial charge in [0.15, 0.2) is 0 Å². The van der Waals surface area contributed by atoms with Gasteiger partial charge in [0.25, 0.3) is 0 Å². The van der Waals surface area contributed by atoms with Gasteiger partial charge >= 0.3 is 0 Å². The highest BCUT2D eigenvalue weighted by Crippen LogP contribution is 2.36. The highest BCUT2D eigenvalue weighted by atomic mass is 79.9. The summed E-state index contributed by atoms with van der Waals surface area (Å²) in [5.41, 5.74) is 3.17. The average molecular weight is 283 g/mol. The molecule has 0 aromatic heterocycles. The third kappa shape index (κ3) is 1.71. The lowest BCUT2D eigenvalue weighted by Crippen LogP contribution is -2.45. The monoisotopic (exact) mass is 282 g/mol. The van der Waals surface area contributed by atoms with Gasteiger partial charge in [-0.1, -0.05) is 22.9 Å². The van der Waals surface area contributed by atoms with Crippen molar-refractivity contribution in [3.63, 3.8) is 0 Å². The van der Waals surface area contributed by atoms with Crippen LogP contribution in [0.4, 0.5) is 11.4 Å². The number of carbonyl (C=O) groups is 1. The van der Waals surface area contributed by atoms with E-state index in [1.54, 1.807) is 4.90 Å². The quantitative estimate of drug-likeness (QED) is 0.859. The first-order valence-corrected chi connectivity index (χ1v) is 6.18. The smallest absolute Gasteiger partial charge is 0.249 e. The number of likely N-dealkylation sites (N-methyl/N-ethyl adjacent to an activating group) is 1. The van der Waals surface area contributed by atoms with Crippen LogP contribution in [0.3, 0.4) is 0 Å². The summed E-state index contributed by atoms with van der Waals surface area (Å²) in [6.45, 7) is 4.07. The number of carbonyl (C=O) groups excluding carboxylic acids is 1. The SMILES string of the molecule is CCC1Nc2c(C)cc(Br)cc2N(C)C1=O. The molecule has 0 aliphatic carbocycles. The van der Waals surface area contributed by atoms with Crippen LogP contribution in [0.25, 0.3) is 0 Å². The number of benzene rings is 1. The number of amides is 1. The summed E-state index contributed by atoms with van der Waals surface area (Å²) in [5.74, 6) is 0.132. The zero-order valence-electron chi connectivity index (χ0n) is 9.67. The van der Waals surface area contributed by atoms with Gasteiger partial charge in [-0.05, 0) is 31.0 Å². The maximum Gasteiger partial charge on any atom is 0.249 e. The van der Waals surface area contributed by atoms with E-state index in [2.05, 4.69) is 27.3 Å². The number of nitrogens with zero attached hydrogens (tertiary/aromatic N) is 1. The number of aryl methyl sites for hydroxylation is 1. The van der Waals surface area contributed by atoms with Crippen LogP contribution in [0.15, 0.2) is 16.6 Å². The molecular formula is C12H15BrN2O. The molecular weight excluding hydrogens is 268 g/mol. The first-order chi connectivity index (χ1) is 7.54. The Balaban J connectivity index is 2.54. The van der Waals surface area contributed by atoms with E-state index in [9.17, 15) is 4.79 Å². The first kappa shape index (κ1) is 11.5. The van der Waals surface area contributed by atoms with E-state index in [-0.39, 0.29) is 11.9 Å². The second kappa shape index (κ2) is 4.09. The summed E-state index contributed by atoms with van der Waals surface area (Å²) in [4.78, 5) is 13.7. The molecule has 1 heterocycles. The molecule has 1 aliphatic heterocycles. The van der Waals surface area contributed by atoms with Gasteiger partial charge in [0.05, 0.1) is 11.4 Å². The van der Waals surface area contributed by atoms with E-state index >= 15 is 0 Å². The zero-order chi connectivity index (χ0) is 11.9. The summed E-state index contributed by atoms with van der Waals surface area (Å²) in [6.07, 6.45) is 0.804. The summed E-state index contributed by atoms with van der Waals surface area (Å²) in [5, 5.41) is 3.31. The van der Waals surface area contributed by atoms with Crippen molar-refractivity contribution in [1.82, 2.24) is 0 Å². The standard InChI is InChI=1S/C12H15BrN2O/c1-4-9-12(16)15(3)10-6-8(13)5-7(2)11(10)14-9/h5-6,9,14H,4H2,1-3H3. The Bertz CT molecular complexity index is 445. The van der Waals surface area contributed by atoms with Crippen LogP contribution < -0.4 is 10.2 Å². The first-order valence-electron chi connectivity index (χ1n) is 5.38. The molecule has 1 aromatic rings. The van der Waals surface area contributed by atoms with E-state index in [4.69, 9.17) is 0 Å². The van der Waals surface area contributed by atoms with Crippen molar-refractivity contribution < 1.29 is 4.79 Å². The van der Waals surface area contributed by atoms with Crippen molar-refractivity contribution in [3.8, 4) is 0 Å². The zero-order valence-corrected chi connectivity index (χ0v) is 11.3. The lowest BCUT2D eigenvalue weighted by atomic mass is 10.0. The fourth-order valence-electron chi connectivity index (χ4n) is 2.04. The molecule has 0 fully saturated rings. The molecule has 0 saturated carbocycles. The minimum Gasteiger partial charge on any atom is -0.372 e. The molecule has 86 valence electrons. The van der Waals surface area contributed by atoms with E-state index in [1.165, 1.54) is 0 Å². The molecule has 0 spiro atoms. The normalized spacial score (nSPS) is 19.4. The van der Waals surface area contributed by atoms with Gasteiger partial charge in [0.1, 0.15) is 6.04 Å². The van der Waals surface area contributed by atoms with Crippen LogP contribution in [-0.4, -0.2) is 19.0 Å². The minimum atomic E-state index is -0.0997. The molecule has 2 rings (SSSR count). The van der Waals surface area contributed by atoms with Crippen LogP contribution in [0, 0.1) is 6.92 Å². The summed E-state index contributed by atoms with van der Waals surface area (Å²) in [7, 11) is 1.83. The summed E-state index contributed by atoms with van der Waals surface area (Å²) in [6, 6.07) is 3.93. The van der Waals surface area contributed by atoms with Crippen LogP contribution >= 0.6 is 15.9 Å². The number of nitrogens with one attached hydrogen (secondary N) is 1. The molecule has 0 saturated heterocycles. The average Bonchev–Trinajstić information content (AvgIpc) is 2.24. The fourth-order valence-corrected chi connectivity index (χ4v) is 2.60. The molecule has 1 atom stereocenters. The van der Waals surface area contributed by atoms with Crippen LogP contribution in [0.5, 0.6) is 0 Å². The van der Waals surface area contributed by atoms with Gasteiger partial charge in [-0.3, -0.25) is 4.79 Å². The van der Waals surface area contributed by atoms with Crippen LogP contribution in [0.2, 0.25) is 0 Å². The van der Waals surface area contributed by atoms with Crippen molar-refractivity contribution in [2.45, 2.75) is 26.3 Å². The predicted octanol–water partition coefficient (Wildman–Crippen LogP) is 2.92. The van der Waals surface area contributed by atoms with Crippen molar-refractivity contribution in [3.05, 3.63) is 22.2 Å². The lowest BCUT2D eigenvalue weighted by Gasteiger charge is -2.33. The molecule has 0 radical (unpaired) electrons. The van der Waals surface area contributed by atoms with E-state index in [1.807, 2.05) is 27.0 Å². The van der Waals surface area contributed by atoms with Gasteiger partial charge in [-0.15, -0.1) is 0 Å². The van der Waals surface area contributed by atoms with Gasteiger partial charge < -0.3 is 10.2 Å². The molecule has 3 nitrogen and oxygen atoms in total. The number of anilines is 2. The van der Waals surface area contributed by atoms with Gasteiger partial charge in [0.2, 0.25) is 5.91 Å². The number of rotatable bonds is 1. The Labute approximate surface area is 104 Å². The van der Waals surface area contributed by atoms with Gasteiger partial charge in [-0.2, -0.15) is 0 Å². The molecule has 1 N–H and O–H groups in total. The lowest BCUT2D eigenvalue weighted by molar-refractivity contribution is -0.119. The van der Waals surface area contributed by atoms with Crippen molar-refractivity contribution >= 4 is 33.2 Å². The Hall–Kier alpha value is -1.03. The van der Waals surface area contributed by atoms with Gasteiger partial charge in [0, 0.05) is 11.5 Å². The molecule has 0 bridgehead atoms. The molecule has 1 aromatic carbocycles. The Morgan fingerprint density at radius 1 is 1.50 bits per heavy atom. The highest BCUT2D eigenvalue weighted by Gasteiger charge is 2.29. The van der Waals surface area contributed by atoms with E-state index < -0.39 is 0 Å².